The molecule has 0 atom stereocenters. The summed E-state index contributed by atoms with van der Waals surface area (Å²) in [6, 6.07) is 3.30. The van der Waals surface area contributed by atoms with Gasteiger partial charge in [0.2, 0.25) is 0 Å². The van der Waals surface area contributed by atoms with Crippen LogP contribution in [0.3, 0.4) is 0 Å². The lowest BCUT2D eigenvalue weighted by Crippen LogP contribution is -2.08. The zero-order valence-corrected chi connectivity index (χ0v) is 10.0. The number of rotatable bonds is 5. The van der Waals surface area contributed by atoms with Gasteiger partial charge in [-0.25, -0.2) is 4.79 Å². The highest BCUT2D eigenvalue weighted by atomic mass is 16.5. The summed E-state index contributed by atoms with van der Waals surface area (Å²) in [6.45, 7) is 2.25. The van der Waals surface area contributed by atoms with E-state index in [2.05, 4.69) is 4.74 Å². The first-order valence-corrected chi connectivity index (χ1v) is 5.32. The Balaban J connectivity index is 2.93. The zero-order chi connectivity index (χ0) is 12.8. The summed E-state index contributed by atoms with van der Waals surface area (Å²) >= 11 is 0. The minimum Gasteiger partial charge on any atom is -0.493 e. The molecule has 0 aliphatic rings. The SMILES string of the molecule is COC(=O)c1cc(OCCCO)cc(C)c1N. The summed E-state index contributed by atoms with van der Waals surface area (Å²) in [5, 5.41) is 8.65. The van der Waals surface area contributed by atoms with E-state index in [0.717, 1.165) is 5.56 Å². The molecule has 1 aromatic carbocycles. The van der Waals surface area contributed by atoms with Crippen LogP contribution < -0.4 is 10.5 Å². The lowest BCUT2D eigenvalue weighted by Gasteiger charge is -2.11. The maximum absolute atomic E-state index is 11.5. The van der Waals surface area contributed by atoms with Crippen molar-refractivity contribution in [1.82, 2.24) is 0 Å². The quantitative estimate of drug-likeness (QED) is 0.457. The predicted molar refractivity (Wildman–Crippen MR) is 64.1 cm³/mol. The van der Waals surface area contributed by atoms with E-state index in [1.807, 2.05) is 0 Å². The molecule has 0 fully saturated rings. The number of esters is 1. The Labute approximate surface area is 100 Å². The Morgan fingerprint density at radius 2 is 2.18 bits per heavy atom. The van der Waals surface area contributed by atoms with Crippen LogP contribution in [0.4, 0.5) is 5.69 Å². The number of carbonyl (C=O) groups is 1. The minimum absolute atomic E-state index is 0.0673. The highest BCUT2D eigenvalue weighted by Crippen LogP contribution is 2.25. The third kappa shape index (κ3) is 3.35. The third-order valence-corrected chi connectivity index (χ3v) is 2.34. The van der Waals surface area contributed by atoms with E-state index in [1.54, 1.807) is 19.1 Å². The van der Waals surface area contributed by atoms with Crippen molar-refractivity contribution in [3.8, 4) is 5.75 Å². The maximum Gasteiger partial charge on any atom is 0.340 e. The van der Waals surface area contributed by atoms with Crippen molar-refractivity contribution in [3.63, 3.8) is 0 Å². The fourth-order valence-electron chi connectivity index (χ4n) is 1.38. The van der Waals surface area contributed by atoms with E-state index >= 15 is 0 Å². The van der Waals surface area contributed by atoms with Crippen molar-refractivity contribution >= 4 is 11.7 Å². The van der Waals surface area contributed by atoms with Crippen molar-refractivity contribution in [2.75, 3.05) is 26.1 Å². The van der Waals surface area contributed by atoms with Gasteiger partial charge >= 0.3 is 5.97 Å². The summed E-state index contributed by atoms with van der Waals surface area (Å²) in [4.78, 5) is 11.5. The highest BCUT2D eigenvalue weighted by molar-refractivity contribution is 5.96. The van der Waals surface area contributed by atoms with Crippen LogP contribution in [0.25, 0.3) is 0 Å². The average molecular weight is 239 g/mol. The molecule has 17 heavy (non-hydrogen) atoms. The molecule has 0 heterocycles. The van der Waals surface area contributed by atoms with Gasteiger partial charge < -0.3 is 20.3 Å². The molecule has 5 nitrogen and oxygen atoms in total. The van der Waals surface area contributed by atoms with Crippen molar-refractivity contribution in [3.05, 3.63) is 23.3 Å². The van der Waals surface area contributed by atoms with Crippen molar-refractivity contribution in [2.24, 2.45) is 0 Å². The molecular weight excluding hydrogens is 222 g/mol. The minimum atomic E-state index is -0.488. The van der Waals surface area contributed by atoms with Crippen molar-refractivity contribution in [1.29, 1.82) is 0 Å². The predicted octanol–water partition coefficient (Wildman–Crippen LogP) is 1.13. The van der Waals surface area contributed by atoms with E-state index in [4.69, 9.17) is 15.6 Å². The van der Waals surface area contributed by atoms with Gasteiger partial charge in [-0.1, -0.05) is 0 Å². The molecule has 94 valence electrons. The first-order chi connectivity index (χ1) is 8.10. The first-order valence-electron chi connectivity index (χ1n) is 5.32. The van der Waals surface area contributed by atoms with Crippen LogP contribution in [0.2, 0.25) is 0 Å². The van der Waals surface area contributed by atoms with E-state index in [0.29, 0.717) is 30.0 Å². The number of hydrogen-bond donors (Lipinski definition) is 2. The number of aryl methyl sites for hydroxylation is 1. The van der Waals surface area contributed by atoms with Crippen LogP contribution in [0.5, 0.6) is 5.75 Å². The highest BCUT2D eigenvalue weighted by Gasteiger charge is 2.13. The molecule has 1 aromatic rings. The summed E-state index contributed by atoms with van der Waals surface area (Å²) in [7, 11) is 1.30. The van der Waals surface area contributed by atoms with Gasteiger partial charge in [-0.2, -0.15) is 0 Å². The number of hydrogen-bond acceptors (Lipinski definition) is 5. The zero-order valence-electron chi connectivity index (χ0n) is 10.0. The Morgan fingerprint density at radius 3 is 2.76 bits per heavy atom. The monoisotopic (exact) mass is 239 g/mol. The second kappa shape index (κ2) is 6.10. The second-order valence-corrected chi connectivity index (χ2v) is 3.62. The molecule has 0 spiro atoms. The molecule has 0 bridgehead atoms. The first kappa shape index (κ1) is 13.3. The van der Waals surface area contributed by atoms with Gasteiger partial charge in [0.05, 0.1) is 19.3 Å². The van der Waals surface area contributed by atoms with E-state index in [1.165, 1.54) is 7.11 Å². The van der Waals surface area contributed by atoms with Crippen LogP contribution in [0.1, 0.15) is 22.3 Å². The van der Waals surface area contributed by atoms with Crippen molar-refractivity contribution < 1.29 is 19.4 Å². The number of aliphatic hydroxyl groups excluding tert-OH is 1. The number of carbonyl (C=O) groups excluding carboxylic acids is 1. The Morgan fingerprint density at radius 1 is 1.47 bits per heavy atom. The summed E-state index contributed by atoms with van der Waals surface area (Å²) in [5.41, 5.74) is 7.24. The molecular formula is C12H17NO4. The summed E-state index contributed by atoms with van der Waals surface area (Å²) in [5.74, 6) is 0.0590. The Kier molecular flexibility index (Phi) is 4.78. The Bertz CT molecular complexity index is 404. The van der Waals surface area contributed by atoms with Crippen LogP contribution in [0.15, 0.2) is 12.1 Å². The maximum atomic E-state index is 11.5. The number of nitrogens with two attached hydrogens (primary N) is 1. The number of anilines is 1. The number of methoxy groups -OCH3 is 1. The molecule has 1 rings (SSSR count). The fourth-order valence-corrected chi connectivity index (χ4v) is 1.38. The molecule has 0 unspecified atom stereocenters. The van der Waals surface area contributed by atoms with Crippen LogP contribution in [-0.4, -0.2) is 31.4 Å². The van der Waals surface area contributed by atoms with Gasteiger partial charge in [-0.3, -0.25) is 0 Å². The summed E-state index contributed by atoms with van der Waals surface area (Å²) < 4.78 is 10.0. The molecule has 3 N–H and O–H groups in total. The normalized spacial score (nSPS) is 10.1. The number of ether oxygens (including phenoxy) is 2. The van der Waals surface area contributed by atoms with Crippen LogP contribution in [-0.2, 0) is 4.74 Å². The molecule has 0 aliphatic heterocycles. The second-order valence-electron chi connectivity index (χ2n) is 3.62. The van der Waals surface area contributed by atoms with Crippen molar-refractivity contribution in [2.45, 2.75) is 13.3 Å². The molecule has 0 saturated carbocycles. The molecule has 0 saturated heterocycles. The van der Waals surface area contributed by atoms with E-state index in [-0.39, 0.29) is 6.61 Å². The molecule has 5 heteroatoms. The molecule has 0 aliphatic carbocycles. The standard InChI is InChI=1S/C12H17NO4/c1-8-6-9(17-5-3-4-14)7-10(11(8)13)12(15)16-2/h6-7,14H,3-5,13H2,1-2H3. The number of aliphatic hydroxyl groups is 1. The van der Waals surface area contributed by atoms with Gasteiger partial charge in [0.15, 0.2) is 0 Å². The number of nitrogen functional groups attached to an aromatic ring is 1. The smallest absolute Gasteiger partial charge is 0.340 e. The fraction of sp³-hybridized carbons (Fsp3) is 0.417. The van der Waals surface area contributed by atoms with Gasteiger partial charge in [-0.15, -0.1) is 0 Å². The topological polar surface area (TPSA) is 81.8 Å². The van der Waals surface area contributed by atoms with Crippen LogP contribution in [0, 0.1) is 6.92 Å². The lowest BCUT2D eigenvalue weighted by atomic mass is 10.1. The average Bonchev–Trinajstić information content (AvgIpc) is 2.32. The molecule has 0 radical (unpaired) electrons. The number of benzene rings is 1. The van der Waals surface area contributed by atoms with E-state index in [9.17, 15) is 4.79 Å². The van der Waals surface area contributed by atoms with Gasteiger partial charge in [0.25, 0.3) is 0 Å². The van der Waals surface area contributed by atoms with Gasteiger partial charge in [-0.05, 0) is 24.6 Å². The van der Waals surface area contributed by atoms with Gasteiger partial charge in [0, 0.05) is 18.7 Å². The Hall–Kier alpha value is -1.75. The van der Waals surface area contributed by atoms with Gasteiger partial charge in [0.1, 0.15) is 5.75 Å². The lowest BCUT2D eigenvalue weighted by molar-refractivity contribution is 0.0601. The molecule has 0 amide bonds. The third-order valence-electron chi connectivity index (χ3n) is 2.34. The molecule has 0 aromatic heterocycles. The largest absolute Gasteiger partial charge is 0.493 e. The van der Waals surface area contributed by atoms with Crippen LogP contribution >= 0.6 is 0 Å². The summed E-state index contributed by atoms with van der Waals surface area (Å²) in [6.07, 6.45) is 0.539. The van der Waals surface area contributed by atoms with E-state index < -0.39 is 5.97 Å².